The van der Waals surface area contributed by atoms with Crippen molar-refractivity contribution < 1.29 is 15.4 Å². The first-order valence-corrected chi connectivity index (χ1v) is 3.50. The van der Waals surface area contributed by atoms with Crippen LogP contribution >= 0.6 is 0 Å². The molecule has 0 spiro atoms. The molecule has 0 amide bonds. The van der Waals surface area contributed by atoms with Crippen LogP contribution in [0.2, 0.25) is 0 Å². The van der Waals surface area contributed by atoms with Crippen molar-refractivity contribution in [2.45, 2.75) is 12.8 Å². The van der Waals surface area contributed by atoms with Crippen molar-refractivity contribution >= 4 is 0 Å². The Bertz CT molecular complexity index is 175. The summed E-state index contributed by atoms with van der Waals surface area (Å²) < 4.78 is 0. The highest BCUT2D eigenvalue weighted by atomic mass is 17.1. The van der Waals surface area contributed by atoms with E-state index in [0.29, 0.717) is 0 Å². The molecule has 0 fully saturated rings. The Morgan fingerprint density at radius 3 is 3.00 bits per heavy atom. The first-order chi connectivity index (χ1) is 5.29. The average molecular weight is 157 g/mol. The van der Waals surface area contributed by atoms with Gasteiger partial charge in [0.25, 0.3) is 0 Å². The third-order valence-corrected chi connectivity index (χ3v) is 1.43. The largest absolute Gasteiger partial charge is 0.566 e. The van der Waals surface area contributed by atoms with Crippen LogP contribution in [0.3, 0.4) is 0 Å². The number of hydrogen-bond acceptors (Lipinski definition) is 3. The summed E-state index contributed by atoms with van der Waals surface area (Å²) in [4.78, 5) is 4.38. The molecule has 0 saturated heterocycles. The van der Waals surface area contributed by atoms with E-state index >= 15 is 0 Å². The molecule has 4 heteroatoms. The van der Waals surface area contributed by atoms with Gasteiger partial charge in [0, 0.05) is 0 Å². The number of hydrogen-bond donors (Lipinski definition) is 2. The lowest BCUT2D eigenvalue weighted by Gasteiger charge is -2.11. The molecule has 0 aliphatic heterocycles. The van der Waals surface area contributed by atoms with Gasteiger partial charge in [0.15, 0.2) is 0 Å². The molecule has 0 heterocycles. The molecule has 62 valence electrons. The predicted octanol–water partition coefficient (Wildman–Crippen LogP) is -0.0337. The van der Waals surface area contributed by atoms with E-state index in [9.17, 15) is 5.21 Å². The van der Waals surface area contributed by atoms with Crippen molar-refractivity contribution in [1.29, 1.82) is 0 Å². The predicted molar refractivity (Wildman–Crippen MR) is 38.5 cm³/mol. The van der Waals surface area contributed by atoms with E-state index in [4.69, 9.17) is 5.21 Å². The Morgan fingerprint density at radius 2 is 2.45 bits per heavy atom. The number of rotatable bonds is 3. The topological polar surface area (TPSA) is 57.0 Å². The van der Waals surface area contributed by atoms with E-state index in [1.54, 1.807) is 0 Å². The third kappa shape index (κ3) is 3.29. The van der Waals surface area contributed by atoms with Crippen LogP contribution in [0.1, 0.15) is 12.8 Å². The Labute approximate surface area is 64.9 Å². The van der Waals surface area contributed by atoms with Gasteiger partial charge in [-0.2, -0.15) is 10.0 Å². The molecular formula is C7H11NO3. The molecule has 1 unspecified atom stereocenters. The Balaban J connectivity index is 2.25. The van der Waals surface area contributed by atoms with E-state index in [1.807, 2.05) is 18.2 Å². The lowest BCUT2D eigenvalue weighted by atomic mass is 10.1. The van der Waals surface area contributed by atoms with Crippen molar-refractivity contribution in [3.05, 3.63) is 29.0 Å². The van der Waals surface area contributed by atoms with Gasteiger partial charge in [-0.15, -0.1) is 0 Å². The highest BCUT2D eigenvalue weighted by Gasteiger charge is 1.99. The zero-order valence-electron chi connectivity index (χ0n) is 6.12. The quantitative estimate of drug-likeness (QED) is 0.565. The van der Waals surface area contributed by atoms with E-state index < -0.39 is 5.39 Å². The smallest absolute Gasteiger partial charge is 0.135 e. The second-order valence-electron chi connectivity index (χ2n) is 2.31. The fourth-order valence-corrected chi connectivity index (χ4v) is 0.920. The molecule has 0 aromatic heterocycles. The maximum Gasteiger partial charge on any atom is 0.135 e. The van der Waals surface area contributed by atoms with Crippen molar-refractivity contribution in [3.8, 4) is 0 Å². The Kier molecular flexibility index (Phi) is 3.25. The molecule has 1 aliphatic rings. The van der Waals surface area contributed by atoms with Gasteiger partial charge in [-0.3, -0.25) is 0 Å². The molecule has 1 atom stereocenters. The van der Waals surface area contributed by atoms with Gasteiger partial charge < -0.3 is 5.21 Å². The fraction of sp³-hybridized carbons (Fsp3) is 0.429. The summed E-state index contributed by atoms with van der Waals surface area (Å²) in [6, 6.07) is 0. The molecule has 0 saturated carbocycles. The van der Waals surface area contributed by atoms with Gasteiger partial charge >= 0.3 is 0 Å². The summed E-state index contributed by atoms with van der Waals surface area (Å²) in [6.45, 7) is 0.172. The zero-order chi connectivity index (χ0) is 8.10. The molecule has 11 heavy (non-hydrogen) atoms. The molecule has 0 aromatic carbocycles. The van der Waals surface area contributed by atoms with Crippen molar-refractivity contribution in [2.24, 2.45) is 0 Å². The van der Waals surface area contributed by atoms with E-state index in [2.05, 4.69) is 4.84 Å². The summed E-state index contributed by atoms with van der Waals surface area (Å²) in [5, 5.41) is 16.9. The Hall–Kier alpha value is -0.680. The van der Waals surface area contributed by atoms with Crippen LogP contribution in [0.25, 0.3) is 0 Å². The second-order valence-corrected chi connectivity index (χ2v) is 2.31. The van der Waals surface area contributed by atoms with Crippen LogP contribution in [0, 0.1) is 5.21 Å². The van der Waals surface area contributed by atoms with E-state index in [0.717, 1.165) is 18.4 Å². The maximum absolute atomic E-state index is 9.97. The van der Waals surface area contributed by atoms with Crippen molar-refractivity contribution in [2.75, 3.05) is 6.61 Å². The van der Waals surface area contributed by atoms with Crippen molar-refractivity contribution in [1.82, 2.24) is 0 Å². The van der Waals surface area contributed by atoms with E-state index in [1.165, 1.54) is 0 Å². The lowest BCUT2D eigenvalue weighted by molar-refractivity contribution is -1.21. The van der Waals surface area contributed by atoms with Crippen molar-refractivity contribution in [3.63, 3.8) is 0 Å². The minimum Gasteiger partial charge on any atom is -0.566 e. The molecule has 4 nitrogen and oxygen atoms in total. The maximum atomic E-state index is 9.97. The molecule has 1 aliphatic carbocycles. The van der Waals surface area contributed by atoms with Gasteiger partial charge in [-0.05, 0) is 18.4 Å². The molecular weight excluding hydrogens is 146 g/mol. The van der Waals surface area contributed by atoms with Crippen LogP contribution in [0.4, 0.5) is 0 Å². The normalized spacial score (nSPS) is 19.6. The number of nitrogens with one attached hydrogen (secondary N) is 1. The monoisotopic (exact) mass is 157 g/mol. The van der Waals surface area contributed by atoms with Crippen LogP contribution in [0.5, 0.6) is 0 Å². The van der Waals surface area contributed by atoms with E-state index in [-0.39, 0.29) is 6.61 Å². The van der Waals surface area contributed by atoms with Crippen LogP contribution in [0.15, 0.2) is 23.8 Å². The average Bonchev–Trinajstić information content (AvgIpc) is 2.03. The Morgan fingerprint density at radius 1 is 1.64 bits per heavy atom. The number of allylic oxidation sites excluding steroid dienone is 2. The highest BCUT2D eigenvalue weighted by Crippen LogP contribution is 2.08. The van der Waals surface area contributed by atoms with Crippen LogP contribution < -0.4 is 5.39 Å². The summed E-state index contributed by atoms with van der Waals surface area (Å²) >= 11 is 0. The lowest BCUT2D eigenvalue weighted by Crippen LogP contribution is -3.03. The van der Waals surface area contributed by atoms with Crippen LogP contribution in [-0.2, 0) is 4.84 Å². The minimum absolute atomic E-state index is 0.172. The summed E-state index contributed by atoms with van der Waals surface area (Å²) in [5.41, 5.74) is 0.943. The van der Waals surface area contributed by atoms with Gasteiger partial charge in [-0.1, -0.05) is 23.6 Å². The molecule has 0 radical (unpaired) electrons. The first kappa shape index (κ1) is 8.42. The summed E-state index contributed by atoms with van der Waals surface area (Å²) in [7, 11) is 0. The van der Waals surface area contributed by atoms with Gasteiger partial charge in [-0.25, -0.2) is 0 Å². The van der Waals surface area contributed by atoms with Crippen LogP contribution in [-0.4, -0.2) is 11.8 Å². The molecule has 0 aromatic rings. The number of quaternary nitrogens is 1. The van der Waals surface area contributed by atoms with Gasteiger partial charge in [0.05, 0.1) is 0 Å². The van der Waals surface area contributed by atoms with Gasteiger partial charge in [0.1, 0.15) is 6.61 Å². The molecule has 2 N–H and O–H groups in total. The molecule has 1 rings (SSSR count). The third-order valence-electron chi connectivity index (χ3n) is 1.43. The SMILES string of the molecule is [O-][NH+](O)OCC1=CCCC=C1. The fourth-order valence-electron chi connectivity index (χ4n) is 0.920. The summed E-state index contributed by atoms with van der Waals surface area (Å²) in [5.74, 6) is 0. The summed E-state index contributed by atoms with van der Waals surface area (Å²) in [6.07, 6.45) is 7.92. The molecule has 0 bridgehead atoms. The standard InChI is InChI=1S/C7H11NO3/c9-8(10)11-6-7-4-2-1-3-5-7/h2,4-5,8-9H,1,3,6H2. The first-order valence-electron chi connectivity index (χ1n) is 3.50. The second kappa shape index (κ2) is 4.25. The highest BCUT2D eigenvalue weighted by molar-refractivity contribution is 5.22. The zero-order valence-corrected chi connectivity index (χ0v) is 6.12. The van der Waals surface area contributed by atoms with Gasteiger partial charge in [0.2, 0.25) is 0 Å². The minimum atomic E-state index is -1.22.